The van der Waals surface area contributed by atoms with E-state index < -0.39 is 0 Å². The Labute approximate surface area is 192 Å². The molecule has 0 bridgehead atoms. The highest BCUT2D eigenvalue weighted by Crippen LogP contribution is 2.35. The largest absolute Gasteiger partial charge is 0.338 e. The van der Waals surface area contributed by atoms with Crippen LogP contribution in [0.25, 0.3) is 5.70 Å². The normalized spacial score (nSPS) is 18.4. The minimum Gasteiger partial charge on any atom is -0.338 e. The number of hydrogen-bond acceptors (Lipinski definition) is 3. The average molecular weight is 433 g/mol. The highest BCUT2D eigenvalue weighted by atomic mass is 16.7. The molecule has 1 fully saturated rings. The van der Waals surface area contributed by atoms with Crippen LogP contribution in [0.3, 0.4) is 0 Å². The lowest BCUT2D eigenvalue weighted by Crippen LogP contribution is -2.46. The van der Waals surface area contributed by atoms with Crippen LogP contribution in [0.4, 0.5) is 0 Å². The first-order valence-electron chi connectivity index (χ1n) is 11.6. The molecule has 4 nitrogen and oxygen atoms in total. The zero-order valence-corrected chi connectivity index (χ0v) is 20.3. The summed E-state index contributed by atoms with van der Waals surface area (Å²) in [5, 5.41) is 0. The lowest BCUT2D eigenvalue weighted by Gasteiger charge is -2.36. The second-order valence-corrected chi connectivity index (χ2v) is 11.3. The van der Waals surface area contributed by atoms with Gasteiger partial charge in [-0.25, -0.2) is 0 Å². The van der Waals surface area contributed by atoms with Gasteiger partial charge in [0.15, 0.2) is 0 Å². The highest BCUT2D eigenvalue weighted by molar-refractivity contribution is 5.94. The van der Waals surface area contributed by atoms with Crippen molar-refractivity contribution in [2.75, 3.05) is 13.1 Å². The second kappa shape index (κ2) is 8.08. The van der Waals surface area contributed by atoms with Gasteiger partial charge >= 0.3 is 0 Å². The van der Waals surface area contributed by atoms with Gasteiger partial charge in [0.25, 0.3) is 5.91 Å². The monoisotopic (exact) mass is 432 g/mol. The van der Waals surface area contributed by atoms with Crippen LogP contribution in [0, 0.1) is 0 Å². The second-order valence-electron chi connectivity index (χ2n) is 11.3. The number of likely N-dealkylation sites (tertiary alicyclic amines) is 1. The number of hydroxylamine groups is 1. The van der Waals surface area contributed by atoms with Gasteiger partial charge in [-0.05, 0) is 45.7 Å². The summed E-state index contributed by atoms with van der Waals surface area (Å²) in [5.41, 5.74) is 8.49. The van der Waals surface area contributed by atoms with Crippen molar-refractivity contribution in [2.45, 2.75) is 70.8 Å². The van der Waals surface area contributed by atoms with Crippen LogP contribution >= 0.6 is 0 Å². The van der Waals surface area contributed by atoms with Gasteiger partial charge in [-0.15, -0.1) is 0 Å². The Morgan fingerprint density at radius 2 is 1.34 bits per heavy atom. The maximum Gasteiger partial charge on any atom is 0.253 e. The molecule has 2 heterocycles. The van der Waals surface area contributed by atoms with Crippen molar-refractivity contribution in [1.29, 1.82) is 0 Å². The number of rotatable bonds is 2. The predicted molar refractivity (Wildman–Crippen MR) is 130 cm³/mol. The number of hydrogen-bond donors (Lipinski definition) is 1. The molecule has 32 heavy (non-hydrogen) atoms. The van der Waals surface area contributed by atoms with Gasteiger partial charge in [-0.1, -0.05) is 77.9 Å². The highest BCUT2D eigenvalue weighted by Gasteiger charge is 2.40. The van der Waals surface area contributed by atoms with E-state index in [4.69, 9.17) is 4.84 Å². The number of nitrogens with one attached hydrogen (secondary N) is 1. The third-order valence-electron chi connectivity index (χ3n) is 6.73. The fraction of sp³-hybridized carbons (Fsp3) is 0.464. The van der Waals surface area contributed by atoms with Crippen LogP contribution < -0.4 is 5.48 Å². The number of carbonyl (C=O) groups excluding carboxylic acids is 1. The number of benzene rings is 2. The van der Waals surface area contributed by atoms with Gasteiger partial charge in [0.2, 0.25) is 0 Å². The van der Waals surface area contributed by atoms with Crippen molar-refractivity contribution in [2.24, 2.45) is 0 Å². The molecule has 4 heteroatoms. The SMILES string of the molecule is CC(C)(C)c1ccc(C(=O)N2CCC3(C=C(c4ccc(C(C)(C)C)cc4)NO3)CC2)cc1. The molecule has 1 N–H and O–H groups in total. The van der Waals surface area contributed by atoms with Gasteiger partial charge in [-0.2, -0.15) is 0 Å². The number of amides is 1. The van der Waals surface area contributed by atoms with E-state index in [1.54, 1.807) is 0 Å². The molecule has 1 spiro atoms. The van der Waals surface area contributed by atoms with Crippen LogP contribution in [-0.4, -0.2) is 29.5 Å². The summed E-state index contributed by atoms with van der Waals surface area (Å²) < 4.78 is 0. The van der Waals surface area contributed by atoms with E-state index in [1.165, 1.54) is 11.1 Å². The van der Waals surface area contributed by atoms with Crippen LogP contribution in [0.5, 0.6) is 0 Å². The molecule has 0 aliphatic carbocycles. The smallest absolute Gasteiger partial charge is 0.253 e. The molecule has 1 amide bonds. The van der Waals surface area contributed by atoms with Crippen molar-refractivity contribution in [1.82, 2.24) is 10.4 Å². The van der Waals surface area contributed by atoms with Gasteiger partial charge in [0.1, 0.15) is 5.60 Å². The lowest BCUT2D eigenvalue weighted by atomic mass is 9.86. The first-order chi connectivity index (χ1) is 15.0. The molecule has 2 aromatic carbocycles. The summed E-state index contributed by atoms with van der Waals surface area (Å²) in [4.78, 5) is 21.0. The molecular weight excluding hydrogens is 396 g/mol. The van der Waals surface area contributed by atoms with Crippen LogP contribution in [0.1, 0.15) is 81.4 Å². The maximum atomic E-state index is 13.0. The fourth-order valence-electron chi connectivity index (χ4n) is 4.40. The lowest BCUT2D eigenvalue weighted by molar-refractivity contribution is -0.0652. The molecule has 0 atom stereocenters. The Balaban J connectivity index is 1.41. The Bertz CT molecular complexity index is 997. The predicted octanol–water partition coefficient (Wildman–Crippen LogP) is 5.83. The van der Waals surface area contributed by atoms with E-state index in [1.807, 2.05) is 17.0 Å². The van der Waals surface area contributed by atoms with E-state index >= 15 is 0 Å². The Hall–Kier alpha value is -2.59. The molecule has 2 aliphatic heterocycles. The van der Waals surface area contributed by atoms with Gasteiger partial charge in [0.05, 0.1) is 5.70 Å². The molecule has 2 aliphatic rings. The van der Waals surface area contributed by atoms with Gasteiger partial charge in [0, 0.05) is 31.5 Å². The van der Waals surface area contributed by atoms with Crippen LogP contribution in [0.2, 0.25) is 0 Å². The summed E-state index contributed by atoms with van der Waals surface area (Å²) in [6, 6.07) is 16.7. The topological polar surface area (TPSA) is 41.6 Å². The van der Waals surface area contributed by atoms with E-state index in [-0.39, 0.29) is 22.3 Å². The maximum absolute atomic E-state index is 13.0. The van der Waals surface area contributed by atoms with Crippen molar-refractivity contribution in [3.63, 3.8) is 0 Å². The third-order valence-corrected chi connectivity index (χ3v) is 6.73. The van der Waals surface area contributed by atoms with Crippen LogP contribution in [0.15, 0.2) is 54.6 Å². The van der Waals surface area contributed by atoms with E-state index in [0.717, 1.165) is 29.7 Å². The van der Waals surface area contributed by atoms with Crippen LogP contribution in [-0.2, 0) is 15.7 Å². The van der Waals surface area contributed by atoms with Gasteiger partial charge in [-0.3, -0.25) is 15.1 Å². The molecule has 4 rings (SSSR count). The Morgan fingerprint density at radius 3 is 1.84 bits per heavy atom. The quantitative estimate of drug-likeness (QED) is 0.649. The van der Waals surface area contributed by atoms with Crippen molar-refractivity contribution < 1.29 is 9.63 Å². The molecular formula is C28H36N2O2. The first-order valence-corrected chi connectivity index (χ1v) is 11.6. The number of carbonyl (C=O) groups is 1. The standard InChI is InChI=1S/C28H36N2O2/c1-26(2,3)22-11-7-20(8-12-22)24-19-28(32-29-24)15-17-30(18-16-28)25(31)21-9-13-23(14-10-21)27(4,5)6/h7-14,19,29H,15-18H2,1-6H3. The van der Waals surface area contributed by atoms with E-state index in [2.05, 4.69) is 89.5 Å². The molecule has 2 aromatic rings. The van der Waals surface area contributed by atoms with E-state index in [0.29, 0.717) is 13.1 Å². The van der Waals surface area contributed by atoms with Gasteiger partial charge < -0.3 is 4.90 Å². The van der Waals surface area contributed by atoms with Crippen molar-refractivity contribution in [3.05, 3.63) is 76.9 Å². The third kappa shape index (κ3) is 4.61. The van der Waals surface area contributed by atoms with Crippen molar-refractivity contribution >= 4 is 11.6 Å². The Morgan fingerprint density at radius 1 is 0.844 bits per heavy atom. The molecule has 0 aromatic heterocycles. The fourth-order valence-corrected chi connectivity index (χ4v) is 4.40. The average Bonchev–Trinajstić information content (AvgIpc) is 3.16. The molecule has 0 unspecified atom stereocenters. The minimum absolute atomic E-state index is 0.0863. The minimum atomic E-state index is -0.342. The molecule has 0 saturated carbocycles. The summed E-state index contributed by atoms with van der Waals surface area (Å²) in [6.45, 7) is 14.6. The summed E-state index contributed by atoms with van der Waals surface area (Å²) in [5.74, 6) is 0.105. The first kappa shape index (κ1) is 22.6. The molecule has 0 radical (unpaired) electrons. The molecule has 1 saturated heterocycles. The number of piperidine rings is 1. The Kier molecular flexibility index (Phi) is 5.70. The number of nitrogens with zero attached hydrogens (tertiary/aromatic N) is 1. The zero-order chi connectivity index (χ0) is 23.1. The van der Waals surface area contributed by atoms with Crippen molar-refractivity contribution in [3.8, 4) is 0 Å². The molecule has 170 valence electrons. The summed E-state index contributed by atoms with van der Waals surface area (Å²) in [6.07, 6.45) is 3.78. The van der Waals surface area contributed by atoms with E-state index in [9.17, 15) is 4.79 Å². The summed E-state index contributed by atoms with van der Waals surface area (Å²) >= 11 is 0. The zero-order valence-electron chi connectivity index (χ0n) is 20.3. The summed E-state index contributed by atoms with van der Waals surface area (Å²) in [7, 11) is 0.